The number of aromatic hydroxyl groups is 2. The molecule has 8 rings (SSSR count). The van der Waals surface area contributed by atoms with E-state index in [1.165, 1.54) is 6.92 Å². The predicted molar refractivity (Wildman–Crippen MR) is 226 cm³/mol. The average molecular weight is 939 g/mol. The molecule has 5 fully saturated rings. The van der Waals surface area contributed by atoms with Crippen LogP contribution in [0.1, 0.15) is 102 Å². The number of ketones is 1. The topological polar surface area (TPSA) is 291 Å². The first-order valence-electron chi connectivity index (χ1n) is 23.0. The number of aryl methyl sites for hydroxylation is 1. The second-order valence-corrected chi connectivity index (χ2v) is 19.2. The highest BCUT2D eigenvalue weighted by atomic mass is 16.7. The molecule has 370 valence electrons. The zero-order chi connectivity index (χ0) is 47.7. The molecule has 20 heteroatoms. The monoisotopic (exact) mass is 938 g/mol. The summed E-state index contributed by atoms with van der Waals surface area (Å²) in [6.45, 7) is 11.2. The number of ether oxygens (including phenoxy) is 10. The zero-order valence-corrected chi connectivity index (χ0v) is 38.2. The van der Waals surface area contributed by atoms with Crippen LogP contribution in [0.5, 0.6) is 17.2 Å². The van der Waals surface area contributed by atoms with Gasteiger partial charge in [0.25, 0.3) is 0 Å². The molecule has 5 saturated heterocycles. The molecule has 0 aromatic heterocycles. The maximum atomic E-state index is 14.1. The number of aliphatic hydroxyl groups is 7. The molecule has 20 nitrogen and oxygen atoms in total. The van der Waals surface area contributed by atoms with Crippen molar-refractivity contribution in [2.24, 2.45) is 0 Å². The fourth-order valence-electron chi connectivity index (χ4n) is 10.1. The van der Waals surface area contributed by atoms with Gasteiger partial charge in [0.1, 0.15) is 53.9 Å². The number of phenols is 2. The van der Waals surface area contributed by atoms with Gasteiger partial charge in [0, 0.05) is 37.7 Å². The highest BCUT2D eigenvalue weighted by Gasteiger charge is 2.48. The number of Topliss-reactive ketones (excluding diaryl/α,β-unsaturated/α-hetero) is 1. The number of aliphatic hydroxyl groups excluding tert-OH is 6. The second kappa shape index (κ2) is 19.5. The number of benzene rings is 2. The van der Waals surface area contributed by atoms with Crippen LogP contribution >= 0.6 is 0 Å². The van der Waals surface area contributed by atoms with Gasteiger partial charge in [-0.25, -0.2) is 0 Å². The molecule has 0 radical (unpaired) electrons. The molecule has 1 aliphatic carbocycles. The van der Waals surface area contributed by atoms with Crippen LogP contribution in [0.2, 0.25) is 0 Å². The molecule has 66 heavy (non-hydrogen) atoms. The van der Waals surface area contributed by atoms with Crippen molar-refractivity contribution in [3.8, 4) is 17.2 Å². The maximum Gasteiger partial charge on any atom is 0.202 e. The van der Waals surface area contributed by atoms with E-state index in [1.807, 2.05) is 0 Å². The Morgan fingerprint density at radius 2 is 1.11 bits per heavy atom. The van der Waals surface area contributed by atoms with Crippen molar-refractivity contribution in [2.45, 2.75) is 222 Å². The summed E-state index contributed by atoms with van der Waals surface area (Å²) < 4.78 is 60.3. The van der Waals surface area contributed by atoms with E-state index in [2.05, 4.69) is 0 Å². The lowest BCUT2D eigenvalue weighted by Crippen LogP contribution is -2.58. The van der Waals surface area contributed by atoms with Gasteiger partial charge < -0.3 is 93.3 Å². The molecular formula is C46H66O20. The van der Waals surface area contributed by atoms with Gasteiger partial charge in [0.15, 0.2) is 30.9 Å². The highest BCUT2D eigenvalue weighted by molar-refractivity contribution is 6.10. The van der Waals surface area contributed by atoms with E-state index < -0.39 is 140 Å². The van der Waals surface area contributed by atoms with Crippen LogP contribution < -0.4 is 4.74 Å². The third-order valence-electron chi connectivity index (χ3n) is 14.1. The first kappa shape index (κ1) is 49.5. The smallest absolute Gasteiger partial charge is 0.202 e. The molecule has 21 atom stereocenters. The summed E-state index contributed by atoms with van der Waals surface area (Å²) in [7, 11) is 0. The second-order valence-electron chi connectivity index (χ2n) is 19.2. The Hall–Kier alpha value is -2.87. The van der Waals surface area contributed by atoms with Gasteiger partial charge in [-0.2, -0.15) is 0 Å². The van der Waals surface area contributed by atoms with Crippen LogP contribution in [0.25, 0.3) is 10.8 Å². The summed E-state index contributed by atoms with van der Waals surface area (Å²) in [5.41, 5.74) is -0.706. The quantitative estimate of drug-likeness (QED) is 0.162. The first-order valence-corrected chi connectivity index (χ1v) is 23.0. The van der Waals surface area contributed by atoms with Crippen molar-refractivity contribution in [3.05, 3.63) is 28.8 Å². The Morgan fingerprint density at radius 3 is 1.67 bits per heavy atom. The Kier molecular flexibility index (Phi) is 14.6. The minimum Gasteiger partial charge on any atom is -0.507 e. The molecular weight excluding hydrogens is 872 g/mol. The largest absolute Gasteiger partial charge is 0.507 e. The van der Waals surface area contributed by atoms with Gasteiger partial charge in [-0.15, -0.1) is 0 Å². The molecule has 0 amide bonds. The Morgan fingerprint density at radius 1 is 0.621 bits per heavy atom. The van der Waals surface area contributed by atoms with Crippen molar-refractivity contribution in [3.63, 3.8) is 0 Å². The van der Waals surface area contributed by atoms with Crippen molar-refractivity contribution in [1.29, 1.82) is 0 Å². The van der Waals surface area contributed by atoms with Gasteiger partial charge >= 0.3 is 0 Å². The summed E-state index contributed by atoms with van der Waals surface area (Å²) in [6, 6.07) is 3.34. The number of carbonyl (C=O) groups is 1. The Bertz CT molecular complexity index is 2040. The van der Waals surface area contributed by atoms with Crippen molar-refractivity contribution >= 4 is 16.6 Å². The van der Waals surface area contributed by atoms with Crippen LogP contribution in [-0.2, 0) is 49.1 Å². The molecule has 2 aromatic rings. The Labute approximate surface area is 382 Å². The summed E-state index contributed by atoms with van der Waals surface area (Å²) >= 11 is 0. The van der Waals surface area contributed by atoms with Gasteiger partial charge in [0.05, 0.1) is 71.5 Å². The van der Waals surface area contributed by atoms with Crippen LogP contribution in [0.15, 0.2) is 12.1 Å². The lowest BCUT2D eigenvalue weighted by Gasteiger charge is -2.46. The molecule has 5 heterocycles. The number of hydrogen-bond donors (Lipinski definition) is 9. The third-order valence-corrected chi connectivity index (χ3v) is 14.1. The molecule has 5 unspecified atom stereocenters. The predicted octanol–water partition coefficient (Wildman–Crippen LogP) is 1.20. The number of carbonyl (C=O) groups excluding carboxylic acids is 1. The van der Waals surface area contributed by atoms with Gasteiger partial charge in [-0.1, -0.05) is 0 Å². The van der Waals surface area contributed by atoms with Crippen LogP contribution in [0.3, 0.4) is 0 Å². The van der Waals surface area contributed by atoms with E-state index in [1.54, 1.807) is 53.7 Å². The normalized spacial score (nSPS) is 44.5. The fourth-order valence-corrected chi connectivity index (χ4v) is 10.1. The van der Waals surface area contributed by atoms with Crippen LogP contribution in [-0.4, -0.2) is 180 Å². The van der Waals surface area contributed by atoms with E-state index in [0.717, 1.165) is 0 Å². The maximum absolute atomic E-state index is 14.1. The SMILES string of the molecule is Cc1c(O[C@H]2C[C@@H](O[C@H]3C[C@@H](O)[C@H](O)C(C)O3)[C@H](O)C(C)O2)cc2cc3c(c(O)c2c1O)C(=O)[C@@H](O[C@H]1C[C@@H](O[C@H]2C[C@@H](O[C@H]4C[C@](C)(O)[C@H](O)C(C)O4)[C@H](O)C(C)O2)[C@H](O)C(C)O1)CC3. The molecule has 5 aliphatic heterocycles. The standard InChI is InChI=1S/C46H66O20/c1-17-27(63-33-14-28(40(50)20(4)59-33)64-31-12-25(47)39(49)18(2)57-31)11-24-10-23-8-9-26(43(53)36(23)44(54)37(24)38(17)48)62-32-13-29(41(51)19(3)58-32)65-34-15-30(42(52)21(5)60-34)66-35-16-46(7,56)45(55)22(6)61-35/h10-11,18-22,25-26,28-35,39-42,45,47-52,54-56H,8-9,12-16H2,1-7H3/t18?,19?,20?,21?,22?,25-,26+,28-,29-,30-,31+,32+,33+,34+,35+,39-,40-,41-,42-,45-,46+/m1/s1. The molecule has 0 saturated carbocycles. The summed E-state index contributed by atoms with van der Waals surface area (Å²) in [6.07, 6.45) is -17.9. The van der Waals surface area contributed by atoms with E-state index in [-0.39, 0.29) is 66.5 Å². The summed E-state index contributed by atoms with van der Waals surface area (Å²) in [5, 5.41) is 98.0. The molecule has 9 N–H and O–H groups in total. The summed E-state index contributed by atoms with van der Waals surface area (Å²) in [5.74, 6) is -1.04. The van der Waals surface area contributed by atoms with Crippen molar-refractivity contribution in [1.82, 2.24) is 0 Å². The van der Waals surface area contributed by atoms with Crippen LogP contribution in [0.4, 0.5) is 0 Å². The van der Waals surface area contributed by atoms with Gasteiger partial charge in [-0.3, -0.25) is 4.79 Å². The number of phenolic OH excluding ortho intramolecular Hbond substituents is 2. The van der Waals surface area contributed by atoms with Crippen molar-refractivity contribution < 1.29 is 98.1 Å². The number of fused-ring (bicyclic) bond motifs is 2. The van der Waals surface area contributed by atoms with Crippen molar-refractivity contribution in [2.75, 3.05) is 0 Å². The fraction of sp³-hybridized carbons (Fsp3) is 0.761. The van der Waals surface area contributed by atoms with E-state index in [9.17, 15) is 50.8 Å². The van der Waals surface area contributed by atoms with E-state index in [4.69, 9.17) is 47.4 Å². The lowest BCUT2D eigenvalue weighted by atomic mass is 9.85. The van der Waals surface area contributed by atoms with E-state index in [0.29, 0.717) is 17.4 Å². The van der Waals surface area contributed by atoms with E-state index >= 15 is 0 Å². The first-order chi connectivity index (χ1) is 31.1. The molecule has 6 aliphatic rings. The van der Waals surface area contributed by atoms with Gasteiger partial charge in [0.2, 0.25) is 6.29 Å². The highest BCUT2D eigenvalue weighted by Crippen LogP contribution is 2.46. The zero-order valence-electron chi connectivity index (χ0n) is 38.2. The Balaban J connectivity index is 0.922. The average Bonchev–Trinajstić information content (AvgIpc) is 3.24. The van der Waals surface area contributed by atoms with Gasteiger partial charge in [-0.05, 0) is 84.4 Å². The molecule has 0 spiro atoms. The van der Waals surface area contributed by atoms with Crippen LogP contribution in [0, 0.1) is 6.92 Å². The lowest BCUT2D eigenvalue weighted by molar-refractivity contribution is -0.333. The minimum absolute atomic E-state index is 0.00256. The molecule has 0 bridgehead atoms. The number of hydrogen-bond acceptors (Lipinski definition) is 20. The minimum atomic E-state index is -1.48. The number of rotatable bonds is 10. The summed E-state index contributed by atoms with van der Waals surface area (Å²) in [4.78, 5) is 14.1. The third kappa shape index (κ3) is 9.94. The molecule has 2 aromatic carbocycles.